The average molecular weight is 359 g/mol. The maximum atomic E-state index is 13.3. The van der Waals surface area contributed by atoms with E-state index in [2.05, 4.69) is 15.9 Å². The largest absolute Gasteiger partial charge is 0.492 e. The second-order valence-electron chi connectivity index (χ2n) is 2.59. The van der Waals surface area contributed by atoms with E-state index in [4.69, 9.17) is 10.0 Å². The van der Waals surface area contributed by atoms with Gasteiger partial charge in [0.05, 0.1) is 0 Å². The first-order valence-electron chi connectivity index (χ1n) is 3.45. The molecule has 0 bridgehead atoms. The molecule has 0 aliphatic rings. The monoisotopic (exact) mass is 358 g/mol. The van der Waals surface area contributed by atoms with Crippen LogP contribution in [-0.2, 0) is 0 Å². The third kappa shape index (κ3) is 2.23. The summed E-state index contributed by atoms with van der Waals surface area (Å²) >= 11 is 4.91. The van der Waals surface area contributed by atoms with Crippen LogP contribution in [0.4, 0.5) is 4.39 Å². The normalized spacial score (nSPS) is 10.3. The molecule has 1 aromatic rings. The Bertz CT molecular complexity index is 320. The zero-order valence-corrected chi connectivity index (χ0v) is 10.4. The predicted octanol–water partition coefficient (Wildman–Crippen LogP) is 1.18. The smallest absolute Gasteiger partial charge is 0.423 e. The summed E-state index contributed by atoms with van der Waals surface area (Å²) in [5.41, 5.74) is 0.665. The van der Waals surface area contributed by atoms with Gasteiger partial charge in [0.15, 0.2) is 0 Å². The summed E-state index contributed by atoms with van der Waals surface area (Å²) in [4.78, 5) is 0. The van der Waals surface area contributed by atoms with Gasteiger partial charge in [0.2, 0.25) is 0 Å². The van der Waals surface area contributed by atoms with Crippen LogP contribution in [0.2, 0.25) is 0 Å². The fourth-order valence-corrected chi connectivity index (χ4v) is 2.23. The van der Waals surface area contributed by atoms with E-state index in [0.717, 1.165) is 5.56 Å². The fourth-order valence-electron chi connectivity index (χ4n) is 0.981. The highest BCUT2D eigenvalue weighted by Gasteiger charge is 2.23. The molecule has 0 heterocycles. The maximum absolute atomic E-state index is 13.3. The number of aryl methyl sites for hydroxylation is 1. The Labute approximate surface area is 97.6 Å². The van der Waals surface area contributed by atoms with E-state index in [9.17, 15) is 4.39 Å². The van der Waals surface area contributed by atoms with Crippen LogP contribution in [0.15, 0.2) is 10.5 Å². The van der Waals surface area contributed by atoms with Crippen molar-refractivity contribution < 1.29 is 14.4 Å². The van der Waals surface area contributed by atoms with Gasteiger partial charge in [-0.15, -0.1) is 0 Å². The van der Waals surface area contributed by atoms with Crippen molar-refractivity contribution in [2.45, 2.75) is 6.92 Å². The minimum atomic E-state index is -1.79. The molecule has 0 unspecified atom stereocenters. The van der Waals surface area contributed by atoms with Crippen LogP contribution in [0.3, 0.4) is 0 Å². The molecule has 70 valence electrons. The summed E-state index contributed by atoms with van der Waals surface area (Å²) < 4.78 is 14.1. The quantitative estimate of drug-likeness (QED) is 0.450. The number of hydrogen-bond donors (Lipinski definition) is 2. The van der Waals surface area contributed by atoms with Gasteiger partial charge in [-0.2, -0.15) is 0 Å². The molecule has 0 aromatic heterocycles. The van der Waals surface area contributed by atoms with E-state index in [1.54, 1.807) is 13.0 Å². The maximum Gasteiger partial charge on any atom is 0.492 e. The van der Waals surface area contributed by atoms with Gasteiger partial charge in [0, 0.05) is 13.5 Å². The number of rotatable bonds is 1. The second-order valence-corrected chi connectivity index (χ2v) is 4.55. The summed E-state index contributed by atoms with van der Waals surface area (Å²) in [7, 11) is -1.79. The van der Waals surface area contributed by atoms with Crippen LogP contribution in [0.25, 0.3) is 0 Å². The third-order valence-electron chi connectivity index (χ3n) is 1.63. The van der Waals surface area contributed by atoms with Gasteiger partial charge in [0.1, 0.15) is 5.82 Å². The van der Waals surface area contributed by atoms with E-state index in [0.29, 0.717) is 8.04 Å². The van der Waals surface area contributed by atoms with E-state index in [1.807, 2.05) is 22.6 Å². The van der Waals surface area contributed by atoms with E-state index >= 15 is 0 Å². The van der Waals surface area contributed by atoms with Gasteiger partial charge in [-0.1, -0.05) is 15.9 Å². The summed E-state index contributed by atoms with van der Waals surface area (Å²) in [6.45, 7) is 1.76. The lowest BCUT2D eigenvalue weighted by Gasteiger charge is -2.09. The van der Waals surface area contributed by atoms with Crippen LogP contribution in [-0.4, -0.2) is 17.2 Å². The summed E-state index contributed by atoms with van der Waals surface area (Å²) in [5.74, 6) is -0.590. The zero-order valence-electron chi connectivity index (χ0n) is 6.68. The van der Waals surface area contributed by atoms with E-state index in [-0.39, 0.29) is 5.46 Å². The number of halogens is 3. The molecule has 13 heavy (non-hydrogen) atoms. The lowest BCUT2D eigenvalue weighted by Crippen LogP contribution is -2.35. The molecule has 0 saturated heterocycles. The van der Waals surface area contributed by atoms with E-state index in [1.165, 1.54) is 0 Å². The molecule has 2 N–H and O–H groups in total. The van der Waals surface area contributed by atoms with Gasteiger partial charge >= 0.3 is 7.12 Å². The first-order valence-corrected chi connectivity index (χ1v) is 5.32. The summed E-state index contributed by atoms with van der Waals surface area (Å²) in [5, 5.41) is 17.8. The summed E-state index contributed by atoms with van der Waals surface area (Å²) in [6.07, 6.45) is 0. The van der Waals surface area contributed by atoms with Gasteiger partial charge < -0.3 is 10.0 Å². The van der Waals surface area contributed by atoms with Crippen molar-refractivity contribution in [1.29, 1.82) is 0 Å². The molecular weight excluding hydrogens is 353 g/mol. The Balaban J connectivity index is 3.46. The number of hydrogen-bond acceptors (Lipinski definition) is 2. The molecule has 0 saturated carbocycles. The average Bonchev–Trinajstić information content (AvgIpc) is 2.01. The van der Waals surface area contributed by atoms with Gasteiger partial charge in [-0.25, -0.2) is 4.39 Å². The third-order valence-corrected chi connectivity index (χ3v) is 3.47. The fraction of sp³-hybridized carbons (Fsp3) is 0.143. The Kier molecular flexibility index (Phi) is 3.73. The van der Waals surface area contributed by atoms with Gasteiger partial charge in [0.25, 0.3) is 0 Å². The van der Waals surface area contributed by atoms with Crippen LogP contribution >= 0.6 is 38.5 Å². The Morgan fingerprint density at radius 3 is 2.54 bits per heavy atom. The van der Waals surface area contributed by atoms with Crippen molar-refractivity contribution in [1.82, 2.24) is 0 Å². The van der Waals surface area contributed by atoms with Gasteiger partial charge in [-0.05, 0) is 41.1 Å². The SMILES string of the molecule is Cc1cc(I)c(F)c(B(O)O)c1Br. The van der Waals surface area contributed by atoms with Crippen molar-refractivity contribution >= 4 is 51.1 Å². The van der Waals surface area contributed by atoms with Crippen molar-refractivity contribution in [3.63, 3.8) is 0 Å². The highest BCUT2D eigenvalue weighted by atomic mass is 127. The van der Waals surface area contributed by atoms with Crippen molar-refractivity contribution in [3.05, 3.63) is 25.5 Å². The van der Waals surface area contributed by atoms with E-state index < -0.39 is 12.9 Å². The zero-order chi connectivity index (χ0) is 10.2. The molecule has 6 heteroatoms. The minimum Gasteiger partial charge on any atom is -0.423 e. The van der Waals surface area contributed by atoms with Crippen LogP contribution < -0.4 is 5.46 Å². The van der Waals surface area contributed by atoms with Crippen LogP contribution in [0.5, 0.6) is 0 Å². The highest BCUT2D eigenvalue weighted by Crippen LogP contribution is 2.20. The molecule has 1 rings (SSSR count). The standard InChI is InChI=1S/C7H6BBrFIO2/c1-3-2-4(11)7(10)5(6(3)9)8(12)13/h2,12-13H,1H3. The second kappa shape index (κ2) is 4.25. The minimum absolute atomic E-state index is 0.107. The van der Waals surface area contributed by atoms with Crippen LogP contribution in [0.1, 0.15) is 5.56 Å². The van der Waals surface area contributed by atoms with Crippen molar-refractivity contribution in [2.75, 3.05) is 0 Å². The molecular formula is C7H6BBrFIO2. The molecule has 0 atom stereocenters. The lowest BCUT2D eigenvalue weighted by atomic mass is 9.79. The molecule has 0 aliphatic heterocycles. The Morgan fingerprint density at radius 2 is 2.08 bits per heavy atom. The molecule has 0 radical (unpaired) electrons. The first-order chi connectivity index (χ1) is 5.95. The summed E-state index contributed by atoms with van der Waals surface area (Å²) in [6, 6.07) is 1.63. The lowest BCUT2D eigenvalue weighted by molar-refractivity contribution is 0.422. The van der Waals surface area contributed by atoms with Gasteiger partial charge in [-0.3, -0.25) is 0 Å². The van der Waals surface area contributed by atoms with Crippen LogP contribution in [0, 0.1) is 16.3 Å². The highest BCUT2D eigenvalue weighted by molar-refractivity contribution is 14.1. The van der Waals surface area contributed by atoms with Crippen molar-refractivity contribution in [3.8, 4) is 0 Å². The molecule has 0 aliphatic carbocycles. The first kappa shape index (κ1) is 11.4. The Hall–Kier alpha value is 0.345. The molecule has 0 spiro atoms. The molecule has 2 nitrogen and oxygen atoms in total. The Morgan fingerprint density at radius 1 is 1.54 bits per heavy atom. The number of benzene rings is 1. The topological polar surface area (TPSA) is 40.5 Å². The van der Waals surface area contributed by atoms with Crippen molar-refractivity contribution in [2.24, 2.45) is 0 Å². The molecule has 0 amide bonds. The molecule has 0 fully saturated rings. The molecule has 1 aromatic carbocycles. The predicted molar refractivity (Wildman–Crippen MR) is 61.4 cm³/mol.